The van der Waals surface area contributed by atoms with Crippen molar-refractivity contribution >= 4 is 0 Å². The van der Waals surface area contributed by atoms with Crippen LogP contribution >= 0.6 is 0 Å². The summed E-state index contributed by atoms with van der Waals surface area (Å²) in [6.45, 7) is -0.189. The lowest BCUT2D eigenvalue weighted by atomic mass is 10.3. The standard InChI is InChI=1S/C11H10N2O2/c14-8-10-12-7-6-11(13-10)15-9-4-2-1-3-5-9/h1-7,14H,8H2. The van der Waals surface area contributed by atoms with Crippen molar-refractivity contribution in [3.8, 4) is 11.6 Å². The predicted octanol–water partition coefficient (Wildman–Crippen LogP) is 1.76. The number of hydrogen-bond acceptors (Lipinski definition) is 4. The number of hydrogen-bond donors (Lipinski definition) is 1. The molecular formula is C11H10N2O2. The lowest BCUT2D eigenvalue weighted by molar-refractivity contribution is 0.269. The van der Waals surface area contributed by atoms with Crippen molar-refractivity contribution in [2.24, 2.45) is 0 Å². The zero-order chi connectivity index (χ0) is 10.5. The van der Waals surface area contributed by atoms with Crippen LogP contribution < -0.4 is 4.74 Å². The van der Waals surface area contributed by atoms with E-state index in [9.17, 15) is 0 Å². The molecule has 0 amide bonds. The molecule has 1 aromatic carbocycles. The highest BCUT2D eigenvalue weighted by atomic mass is 16.5. The van der Waals surface area contributed by atoms with Crippen LogP contribution in [-0.2, 0) is 6.61 Å². The number of ether oxygens (including phenoxy) is 1. The van der Waals surface area contributed by atoms with Gasteiger partial charge in [-0.15, -0.1) is 0 Å². The highest BCUT2D eigenvalue weighted by Crippen LogP contribution is 2.17. The van der Waals surface area contributed by atoms with Crippen molar-refractivity contribution in [2.75, 3.05) is 0 Å². The summed E-state index contributed by atoms with van der Waals surface area (Å²) in [5.41, 5.74) is 0. The quantitative estimate of drug-likeness (QED) is 0.823. The second-order valence-corrected chi connectivity index (χ2v) is 2.88. The third kappa shape index (κ3) is 2.51. The molecular weight excluding hydrogens is 192 g/mol. The molecule has 2 aromatic rings. The van der Waals surface area contributed by atoms with E-state index in [0.717, 1.165) is 0 Å². The van der Waals surface area contributed by atoms with E-state index < -0.39 is 0 Å². The van der Waals surface area contributed by atoms with E-state index in [4.69, 9.17) is 9.84 Å². The van der Waals surface area contributed by atoms with Gasteiger partial charge in [-0.05, 0) is 12.1 Å². The summed E-state index contributed by atoms with van der Waals surface area (Å²) in [7, 11) is 0. The molecule has 0 spiro atoms. The van der Waals surface area contributed by atoms with Gasteiger partial charge in [0, 0.05) is 12.3 Å². The van der Waals surface area contributed by atoms with Crippen LogP contribution in [0.4, 0.5) is 0 Å². The first kappa shape index (κ1) is 9.61. The van der Waals surface area contributed by atoms with Gasteiger partial charge in [0.2, 0.25) is 5.88 Å². The summed E-state index contributed by atoms with van der Waals surface area (Å²) in [5.74, 6) is 1.49. The van der Waals surface area contributed by atoms with Gasteiger partial charge >= 0.3 is 0 Å². The Balaban J connectivity index is 2.17. The maximum Gasteiger partial charge on any atom is 0.222 e. The Morgan fingerprint density at radius 1 is 1.13 bits per heavy atom. The van der Waals surface area contributed by atoms with Crippen LogP contribution in [0, 0.1) is 0 Å². The van der Waals surface area contributed by atoms with Gasteiger partial charge in [-0.1, -0.05) is 18.2 Å². The Hall–Kier alpha value is -1.94. The number of nitrogens with zero attached hydrogens (tertiary/aromatic N) is 2. The van der Waals surface area contributed by atoms with Gasteiger partial charge in [0.15, 0.2) is 5.82 Å². The third-order valence-corrected chi connectivity index (χ3v) is 1.79. The minimum absolute atomic E-state index is 0.189. The van der Waals surface area contributed by atoms with Gasteiger partial charge < -0.3 is 9.84 Å². The van der Waals surface area contributed by atoms with Gasteiger partial charge in [0.25, 0.3) is 0 Å². The first-order chi connectivity index (χ1) is 7.38. The number of aliphatic hydroxyl groups is 1. The Labute approximate surface area is 87.2 Å². The van der Waals surface area contributed by atoms with Crippen molar-refractivity contribution < 1.29 is 9.84 Å². The van der Waals surface area contributed by atoms with Crippen molar-refractivity contribution in [3.63, 3.8) is 0 Å². The number of rotatable bonds is 3. The van der Waals surface area contributed by atoms with E-state index in [2.05, 4.69) is 9.97 Å². The number of benzene rings is 1. The molecule has 0 fully saturated rings. The van der Waals surface area contributed by atoms with Crippen LogP contribution in [0.25, 0.3) is 0 Å². The Morgan fingerprint density at radius 3 is 2.67 bits per heavy atom. The molecule has 2 rings (SSSR count). The van der Waals surface area contributed by atoms with E-state index >= 15 is 0 Å². The van der Waals surface area contributed by atoms with Gasteiger partial charge in [-0.3, -0.25) is 0 Å². The molecule has 0 saturated carbocycles. The maximum absolute atomic E-state index is 8.85. The molecule has 0 atom stereocenters. The van der Waals surface area contributed by atoms with E-state index in [-0.39, 0.29) is 6.61 Å². The number of aromatic nitrogens is 2. The van der Waals surface area contributed by atoms with Gasteiger partial charge in [0.05, 0.1) is 0 Å². The lowest BCUT2D eigenvalue weighted by Crippen LogP contribution is -1.95. The van der Waals surface area contributed by atoms with Crippen molar-refractivity contribution in [2.45, 2.75) is 6.61 Å². The van der Waals surface area contributed by atoms with Crippen LogP contribution in [0.5, 0.6) is 11.6 Å². The Kier molecular flexibility index (Phi) is 2.90. The first-order valence-corrected chi connectivity index (χ1v) is 4.54. The second-order valence-electron chi connectivity index (χ2n) is 2.88. The summed E-state index contributed by atoms with van der Waals surface area (Å²) in [6, 6.07) is 11.0. The molecule has 1 aromatic heterocycles. The maximum atomic E-state index is 8.85. The zero-order valence-corrected chi connectivity index (χ0v) is 8.00. The Bertz CT molecular complexity index is 432. The summed E-state index contributed by atoms with van der Waals surface area (Å²) in [4.78, 5) is 7.86. The highest BCUT2D eigenvalue weighted by Gasteiger charge is 1.99. The molecule has 4 heteroatoms. The fourth-order valence-corrected chi connectivity index (χ4v) is 1.12. The molecule has 1 N–H and O–H groups in total. The van der Waals surface area contributed by atoms with Crippen LogP contribution in [0.1, 0.15) is 5.82 Å². The first-order valence-electron chi connectivity index (χ1n) is 4.54. The highest BCUT2D eigenvalue weighted by molar-refractivity contribution is 5.25. The summed E-state index contributed by atoms with van der Waals surface area (Å²) in [5, 5.41) is 8.85. The molecule has 0 saturated heterocycles. The lowest BCUT2D eigenvalue weighted by Gasteiger charge is -2.04. The van der Waals surface area contributed by atoms with Crippen molar-refractivity contribution in [1.29, 1.82) is 0 Å². The molecule has 15 heavy (non-hydrogen) atoms. The molecule has 0 aliphatic heterocycles. The van der Waals surface area contributed by atoms with E-state index in [1.165, 1.54) is 0 Å². The SMILES string of the molecule is OCc1nccc(Oc2ccccc2)n1. The Morgan fingerprint density at radius 2 is 1.93 bits per heavy atom. The van der Waals surface area contributed by atoms with Gasteiger partial charge in [-0.2, -0.15) is 4.98 Å². The minimum Gasteiger partial charge on any atom is -0.439 e. The fourth-order valence-electron chi connectivity index (χ4n) is 1.12. The predicted molar refractivity (Wildman–Crippen MR) is 54.5 cm³/mol. The van der Waals surface area contributed by atoms with E-state index in [0.29, 0.717) is 17.5 Å². The molecule has 0 unspecified atom stereocenters. The molecule has 0 aliphatic rings. The molecule has 76 valence electrons. The van der Waals surface area contributed by atoms with Crippen LogP contribution in [0.2, 0.25) is 0 Å². The molecule has 1 heterocycles. The van der Waals surface area contributed by atoms with Crippen LogP contribution in [0.15, 0.2) is 42.6 Å². The molecule has 0 radical (unpaired) electrons. The van der Waals surface area contributed by atoms with E-state index in [1.54, 1.807) is 12.3 Å². The number of para-hydroxylation sites is 1. The van der Waals surface area contributed by atoms with E-state index in [1.807, 2.05) is 30.3 Å². The van der Waals surface area contributed by atoms with Crippen LogP contribution in [-0.4, -0.2) is 15.1 Å². The summed E-state index contributed by atoms with van der Waals surface area (Å²) < 4.78 is 5.46. The van der Waals surface area contributed by atoms with Gasteiger partial charge in [0.1, 0.15) is 12.4 Å². The second kappa shape index (κ2) is 4.52. The average molecular weight is 202 g/mol. The zero-order valence-electron chi connectivity index (χ0n) is 8.00. The average Bonchev–Trinajstić information content (AvgIpc) is 2.31. The van der Waals surface area contributed by atoms with Gasteiger partial charge in [-0.25, -0.2) is 4.98 Å². The molecule has 0 aliphatic carbocycles. The molecule has 4 nitrogen and oxygen atoms in total. The summed E-state index contributed by atoms with van der Waals surface area (Å²) in [6.07, 6.45) is 1.55. The largest absolute Gasteiger partial charge is 0.439 e. The minimum atomic E-state index is -0.189. The van der Waals surface area contributed by atoms with Crippen molar-refractivity contribution in [1.82, 2.24) is 9.97 Å². The third-order valence-electron chi connectivity index (χ3n) is 1.79. The van der Waals surface area contributed by atoms with Crippen LogP contribution in [0.3, 0.4) is 0 Å². The molecule has 0 bridgehead atoms. The van der Waals surface area contributed by atoms with Crippen molar-refractivity contribution in [3.05, 3.63) is 48.4 Å². The smallest absolute Gasteiger partial charge is 0.222 e. The monoisotopic (exact) mass is 202 g/mol. The summed E-state index contributed by atoms with van der Waals surface area (Å²) >= 11 is 0. The number of aliphatic hydroxyl groups excluding tert-OH is 1. The topological polar surface area (TPSA) is 55.2 Å². The fraction of sp³-hybridized carbons (Fsp3) is 0.0909. The normalized spacial score (nSPS) is 9.93.